The number of piperidine rings is 1. The molecule has 3 aliphatic heterocycles. The molecule has 0 radical (unpaired) electrons. The van der Waals surface area contributed by atoms with E-state index < -0.39 is 0 Å². The first-order chi connectivity index (χ1) is 13.5. The highest BCUT2D eigenvalue weighted by Crippen LogP contribution is 2.75. The fourth-order valence-electron chi connectivity index (χ4n) is 8.42. The predicted molar refractivity (Wildman–Crippen MR) is 105 cm³/mol. The van der Waals surface area contributed by atoms with Gasteiger partial charge in [-0.1, -0.05) is 12.1 Å². The van der Waals surface area contributed by atoms with Crippen LogP contribution in [0.3, 0.4) is 0 Å². The van der Waals surface area contributed by atoms with Crippen molar-refractivity contribution < 1.29 is 14.3 Å². The Bertz CT molecular complexity index is 901. The van der Waals surface area contributed by atoms with Crippen LogP contribution in [-0.2, 0) is 15.0 Å². The van der Waals surface area contributed by atoms with Gasteiger partial charge in [-0.3, -0.25) is 14.5 Å². The molecule has 3 aliphatic carbocycles. The molecule has 0 aromatic heterocycles. The Kier molecular flexibility index (Phi) is 3.15. The Labute approximate surface area is 166 Å². The van der Waals surface area contributed by atoms with Crippen LogP contribution >= 0.6 is 0 Å². The molecule has 3 spiro atoms. The molecule has 2 bridgehead atoms. The molecule has 1 aromatic rings. The van der Waals surface area contributed by atoms with Gasteiger partial charge in [0.05, 0.1) is 11.2 Å². The molecule has 1 aromatic carbocycles. The number of hydrogen-bond acceptors (Lipinski definition) is 4. The summed E-state index contributed by atoms with van der Waals surface area (Å²) in [6.45, 7) is 5.43. The maximum Gasteiger partial charge on any atom is 0.308 e. The third-order valence-electron chi connectivity index (χ3n) is 8.93. The third kappa shape index (κ3) is 1.66. The molecule has 148 valence electrons. The number of benzene rings is 1. The minimum atomic E-state index is -0.326. The van der Waals surface area contributed by atoms with Gasteiger partial charge in [0.1, 0.15) is 0 Å². The van der Waals surface area contributed by atoms with Crippen LogP contribution in [0.25, 0.3) is 0 Å². The Balaban J connectivity index is 1.66. The van der Waals surface area contributed by atoms with Crippen LogP contribution in [-0.4, -0.2) is 41.4 Å². The zero-order valence-corrected chi connectivity index (χ0v) is 16.8. The molecule has 5 nitrogen and oxygen atoms in total. The first-order valence-electron chi connectivity index (χ1n) is 10.8. The van der Waals surface area contributed by atoms with Gasteiger partial charge in [-0.05, 0) is 75.1 Å². The molecule has 28 heavy (non-hydrogen) atoms. The van der Waals surface area contributed by atoms with E-state index in [2.05, 4.69) is 15.9 Å². The normalized spacial score (nSPS) is 40.1. The van der Waals surface area contributed by atoms with Crippen molar-refractivity contribution in [1.82, 2.24) is 4.90 Å². The van der Waals surface area contributed by atoms with Crippen LogP contribution in [0, 0.1) is 5.41 Å². The molecule has 1 amide bonds. The Morgan fingerprint density at radius 1 is 1.04 bits per heavy atom. The smallest absolute Gasteiger partial charge is 0.308 e. The van der Waals surface area contributed by atoms with Crippen LogP contribution in [0.5, 0.6) is 5.75 Å². The van der Waals surface area contributed by atoms with Crippen molar-refractivity contribution in [3.8, 4) is 5.75 Å². The minimum Gasteiger partial charge on any atom is -0.424 e. The van der Waals surface area contributed by atoms with E-state index in [0.717, 1.165) is 31.5 Å². The van der Waals surface area contributed by atoms with Crippen molar-refractivity contribution >= 4 is 17.6 Å². The van der Waals surface area contributed by atoms with Crippen molar-refractivity contribution in [2.24, 2.45) is 5.41 Å². The van der Waals surface area contributed by atoms with Crippen LogP contribution in [0.15, 0.2) is 18.2 Å². The average molecular weight is 380 g/mol. The lowest BCUT2D eigenvalue weighted by Gasteiger charge is -2.68. The van der Waals surface area contributed by atoms with Crippen molar-refractivity contribution in [2.45, 2.75) is 75.8 Å². The molecular weight excluding hydrogens is 352 g/mol. The van der Waals surface area contributed by atoms with Gasteiger partial charge in [0.25, 0.3) is 0 Å². The molecule has 0 unspecified atom stereocenters. The van der Waals surface area contributed by atoms with Crippen LogP contribution in [0.1, 0.15) is 64.4 Å². The molecule has 2 saturated heterocycles. The second-order valence-corrected chi connectivity index (χ2v) is 9.76. The topological polar surface area (TPSA) is 49.9 Å². The quantitative estimate of drug-likeness (QED) is 0.553. The molecule has 3 saturated carbocycles. The van der Waals surface area contributed by atoms with Gasteiger partial charge >= 0.3 is 5.97 Å². The average Bonchev–Trinajstić information content (AvgIpc) is 3.19. The highest BCUT2D eigenvalue weighted by Gasteiger charge is 2.77. The van der Waals surface area contributed by atoms with Crippen LogP contribution in [0.4, 0.5) is 5.69 Å². The molecule has 5 fully saturated rings. The van der Waals surface area contributed by atoms with E-state index in [0.29, 0.717) is 17.2 Å². The monoisotopic (exact) mass is 380 g/mol. The minimum absolute atomic E-state index is 0.0128. The SMILES string of the molecule is CC(=O)Oc1cccc2c1N(C(C)=O)C13CCC4(CCCN5CC[C@]21[C@@H]54)CC3. The number of fused-ring (bicyclic) bond motifs is 3. The number of carbonyl (C=O) groups is 2. The summed E-state index contributed by atoms with van der Waals surface area (Å²) >= 11 is 0. The maximum atomic E-state index is 13.1. The number of ether oxygens (including phenoxy) is 1. The van der Waals surface area contributed by atoms with E-state index in [4.69, 9.17) is 4.74 Å². The molecule has 3 heterocycles. The Hall–Kier alpha value is -1.88. The van der Waals surface area contributed by atoms with E-state index in [1.165, 1.54) is 44.7 Å². The number of para-hydroxylation sites is 1. The summed E-state index contributed by atoms with van der Waals surface area (Å²) in [6, 6.07) is 6.62. The lowest BCUT2D eigenvalue weighted by Crippen LogP contribution is -2.75. The zero-order valence-electron chi connectivity index (χ0n) is 16.8. The van der Waals surface area contributed by atoms with Gasteiger partial charge < -0.3 is 9.64 Å². The molecule has 7 rings (SSSR count). The number of rotatable bonds is 1. The lowest BCUT2D eigenvalue weighted by atomic mass is 9.41. The highest BCUT2D eigenvalue weighted by atomic mass is 16.5. The number of amides is 1. The third-order valence-corrected chi connectivity index (χ3v) is 8.93. The molecule has 2 atom stereocenters. The number of nitrogens with zero attached hydrogens (tertiary/aromatic N) is 2. The summed E-state index contributed by atoms with van der Waals surface area (Å²) in [6.07, 6.45) is 8.32. The highest BCUT2D eigenvalue weighted by molar-refractivity contribution is 6.00. The summed E-state index contributed by atoms with van der Waals surface area (Å²) in [4.78, 5) is 29.7. The van der Waals surface area contributed by atoms with Crippen molar-refractivity contribution in [3.63, 3.8) is 0 Å². The van der Waals surface area contributed by atoms with Gasteiger partial charge in [-0.15, -0.1) is 0 Å². The van der Waals surface area contributed by atoms with E-state index >= 15 is 0 Å². The summed E-state index contributed by atoms with van der Waals surface area (Å²) in [7, 11) is 0. The van der Waals surface area contributed by atoms with E-state index in [9.17, 15) is 9.59 Å². The second-order valence-electron chi connectivity index (χ2n) is 9.76. The fraction of sp³-hybridized carbons (Fsp3) is 0.652. The lowest BCUT2D eigenvalue weighted by molar-refractivity contribution is -0.132. The Morgan fingerprint density at radius 2 is 1.82 bits per heavy atom. The fourth-order valence-corrected chi connectivity index (χ4v) is 8.42. The largest absolute Gasteiger partial charge is 0.424 e. The Morgan fingerprint density at radius 3 is 2.54 bits per heavy atom. The van der Waals surface area contributed by atoms with Gasteiger partial charge in [0.2, 0.25) is 5.91 Å². The van der Waals surface area contributed by atoms with Crippen molar-refractivity contribution in [1.29, 1.82) is 0 Å². The van der Waals surface area contributed by atoms with E-state index in [1.54, 1.807) is 6.92 Å². The summed E-state index contributed by atoms with van der Waals surface area (Å²) in [5, 5.41) is 0. The van der Waals surface area contributed by atoms with Gasteiger partial charge in [0, 0.05) is 25.3 Å². The van der Waals surface area contributed by atoms with E-state index in [1.807, 2.05) is 12.1 Å². The molecule has 6 aliphatic rings. The maximum absolute atomic E-state index is 13.1. The first-order valence-corrected chi connectivity index (χ1v) is 10.8. The number of carbonyl (C=O) groups excluding carboxylic acids is 2. The van der Waals surface area contributed by atoms with Crippen LogP contribution < -0.4 is 9.64 Å². The standard InChI is InChI=1S/C23H28N2O3/c1-15(26)25-19-17(5-3-6-18(19)28-16(2)27)23-12-14-24-13-4-7-21(20(23)24)8-10-22(23,25)11-9-21/h3,5-6,20H,4,7-14H2,1-2H3/t20-,21?,22?,23+/m0/s1. The van der Waals surface area contributed by atoms with Crippen molar-refractivity contribution in [2.75, 3.05) is 18.0 Å². The van der Waals surface area contributed by atoms with E-state index in [-0.39, 0.29) is 22.8 Å². The van der Waals surface area contributed by atoms with Gasteiger partial charge in [-0.2, -0.15) is 0 Å². The molecule has 5 heteroatoms. The second kappa shape index (κ2) is 5.18. The number of esters is 1. The zero-order chi connectivity index (χ0) is 19.3. The summed E-state index contributed by atoms with van der Waals surface area (Å²) < 4.78 is 5.64. The van der Waals surface area contributed by atoms with Gasteiger partial charge in [0.15, 0.2) is 5.75 Å². The molecule has 0 N–H and O–H groups in total. The predicted octanol–water partition coefficient (Wildman–Crippen LogP) is 3.40. The first kappa shape index (κ1) is 17.0. The van der Waals surface area contributed by atoms with Gasteiger partial charge in [-0.25, -0.2) is 0 Å². The molecular formula is C23H28N2O3. The summed E-state index contributed by atoms with van der Waals surface area (Å²) in [5.74, 6) is 0.319. The summed E-state index contributed by atoms with van der Waals surface area (Å²) in [5.41, 5.74) is 2.38. The number of anilines is 1. The van der Waals surface area contributed by atoms with Crippen molar-refractivity contribution in [3.05, 3.63) is 23.8 Å². The number of hydrogen-bond donors (Lipinski definition) is 0. The van der Waals surface area contributed by atoms with Crippen LogP contribution in [0.2, 0.25) is 0 Å².